The van der Waals surface area contributed by atoms with Crippen LogP contribution >= 0.6 is 11.3 Å². The first-order chi connectivity index (χ1) is 20.1. The molecule has 224 valence electrons. The molecular weight excluding hydrogens is 546 g/mol. The molecule has 42 heavy (non-hydrogen) atoms. The molecule has 3 aliphatic rings. The monoisotopic (exact) mass is 589 g/mol. The zero-order valence-corrected chi connectivity index (χ0v) is 26.4. The maximum atomic E-state index is 12.7. The predicted molar refractivity (Wildman–Crippen MR) is 167 cm³/mol. The van der Waals surface area contributed by atoms with Crippen LogP contribution in [-0.4, -0.2) is 72.5 Å². The number of ether oxygens (including phenoxy) is 3. The summed E-state index contributed by atoms with van der Waals surface area (Å²) in [6.07, 6.45) is 2.72. The van der Waals surface area contributed by atoms with E-state index in [9.17, 15) is 4.79 Å². The molecule has 0 N–H and O–H groups in total. The van der Waals surface area contributed by atoms with Gasteiger partial charge in [0.15, 0.2) is 0 Å². The van der Waals surface area contributed by atoms with Crippen LogP contribution in [0, 0.1) is 19.3 Å². The third-order valence-electron chi connectivity index (χ3n) is 8.70. The van der Waals surface area contributed by atoms with Gasteiger partial charge in [-0.05, 0) is 75.8 Å². The third-order valence-corrected chi connectivity index (χ3v) is 9.82. The van der Waals surface area contributed by atoms with Gasteiger partial charge in [0.25, 0.3) is 0 Å². The number of carbonyl (C=O) groups excluding carboxylic acids is 1. The molecular formula is C34H43N3O4S. The minimum absolute atomic E-state index is 0.257. The molecule has 2 fully saturated rings. The van der Waals surface area contributed by atoms with E-state index in [1.165, 1.54) is 36.2 Å². The fourth-order valence-corrected chi connectivity index (χ4v) is 7.65. The Bertz CT molecular complexity index is 1450. The molecule has 0 aliphatic carbocycles. The van der Waals surface area contributed by atoms with E-state index in [0.717, 1.165) is 65.1 Å². The van der Waals surface area contributed by atoms with E-state index >= 15 is 0 Å². The SMILES string of the molecule is Cc1c(OCCCN2CC3(CCOC3)C2)cccc1-c1cccc(-c2nc3c(s2)CN(C(=O)OC(C)(C)C)CC3)c1C. The third kappa shape index (κ3) is 6.08. The standard InChI is InChI=1S/C34H43N3O4S/c1-23-25(26-10-7-12-29(24(26)2)40-17-8-15-36-20-34(21-36)14-18-39-22-34)9-6-11-27(23)31-35-28-13-16-37(19-30(28)42-31)32(38)41-33(3,4)5/h6-7,9-12H,8,13-22H2,1-5H3. The van der Waals surface area contributed by atoms with Crippen molar-refractivity contribution in [3.05, 3.63) is 58.1 Å². The number of fused-ring (bicyclic) bond motifs is 1. The number of nitrogens with zero attached hydrogens (tertiary/aromatic N) is 3. The molecule has 0 bridgehead atoms. The Morgan fingerprint density at radius 1 is 1.07 bits per heavy atom. The highest BCUT2D eigenvalue weighted by Crippen LogP contribution is 2.40. The van der Waals surface area contributed by atoms with Crippen LogP contribution in [-0.2, 0) is 22.4 Å². The van der Waals surface area contributed by atoms with Gasteiger partial charge < -0.3 is 24.0 Å². The molecule has 0 unspecified atom stereocenters. The molecule has 4 heterocycles. The van der Waals surface area contributed by atoms with Crippen LogP contribution in [0.2, 0.25) is 0 Å². The predicted octanol–water partition coefficient (Wildman–Crippen LogP) is 6.88. The molecule has 1 spiro atoms. The normalized spacial score (nSPS) is 18.2. The van der Waals surface area contributed by atoms with E-state index in [-0.39, 0.29) is 6.09 Å². The van der Waals surface area contributed by atoms with E-state index in [2.05, 4.69) is 55.1 Å². The molecule has 1 amide bonds. The van der Waals surface area contributed by atoms with Gasteiger partial charge in [0, 0.05) is 55.1 Å². The summed E-state index contributed by atoms with van der Waals surface area (Å²) >= 11 is 1.69. The fourth-order valence-electron chi connectivity index (χ4n) is 6.44. The van der Waals surface area contributed by atoms with Gasteiger partial charge in [-0.15, -0.1) is 11.3 Å². The molecule has 0 atom stereocenters. The summed E-state index contributed by atoms with van der Waals surface area (Å²) in [5, 5.41) is 1.01. The van der Waals surface area contributed by atoms with Crippen molar-refractivity contribution in [3.63, 3.8) is 0 Å². The van der Waals surface area contributed by atoms with Crippen molar-refractivity contribution in [2.24, 2.45) is 5.41 Å². The number of carbonyl (C=O) groups is 1. The van der Waals surface area contributed by atoms with E-state index in [1.54, 1.807) is 16.2 Å². The van der Waals surface area contributed by atoms with Gasteiger partial charge in [-0.2, -0.15) is 0 Å². The van der Waals surface area contributed by atoms with Gasteiger partial charge in [0.1, 0.15) is 16.4 Å². The van der Waals surface area contributed by atoms with E-state index < -0.39 is 5.60 Å². The van der Waals surface area contributed by atoms with Crippen LogP contribution in [0.3, 0.4) is 0 Å². The lowest BCUT2D eigenvalue weighted by Gasteiger charge is -2.47. The van der Waals surface area contributed by atoms with E-state index in [0.29, 0.717) is 25.1 Å². The van der Waals surface area contributed by atoms with Gasteiger partial charge in [-0.3, -0.25) is 0 Å². The Labute approximate surface area is 253 Å². The minimum Gasteiger partial charge on any atom is -0.493 e. The second-order valence-electron chi connectivity index (χ2n) is 13.2. The largest absolute Gasteiger partial charge is 0.493 e. The summed E-state index contributed by atoms with van der Waals surface area (Å²) in [6.45, 7) is 17.2. The Hall–Kier alpha value is -2.94. The van der Waals surface area contributed by atoms with Crippen molar-refractivity contribution in [3.8, 4) is 27.4 Å². The fraction of sp³-hybridized carbons (Fsp3) is 0.529. The first-order valence-electron chi connectivity index (χ1n) is 15.2. The quantitative estimate of drug-likeness (QED) is 0.280. The average Bonchev–Trinajstić information content (AvgIpc) is 3.58. The maximum Gasteiger partial charge on any atom is 0.410 e. The van der Waals surface area contributed by atoms with Crippen molar-refractivity contribution >= 4 is 17.4 Å². The smallest absolute Gasteiger partial charge is 0.410 e. The molecule has 0 radical (unpaired) electrons. The number of likely N-dealkylation sites (tertiary alicyclic amines) is 1. The van der Waals surface area contributed by atoms with Crippen molar-refractivity contribution < 1.29 is 19.0 Å². The average molecular weight is 590 g/mol. The second kappa shape index (κ2) is 11.6. The lowest BCUT2D eigenvalue weighted by molar-refractivity contribution is -0.00889. The Morgan fingerprint density at radius 2 is 1.81 bits per heavy atom. The van der Waals surface area contributed by atoms with E-state index in [1.807, 2.05) is 20.8 Å². The van der Waals surface area contributed by atoms with Crippen molar-refractivity contribution in [1.29, 1.82) is 0 Å². The molecule has 3 aromatic rings. The van der Waals surface area contributed by atoms with Crippen molar-refractivity contribution in [1.82, 2.24) is 14.8 Å². The highest BCUT2D eigenvalue weighted by molar-refractivity contribution is 7.15. The van der Waals surface area contributed by atoms with Gasteiger partial charge in [0.2, 0.25) is 0 Å². The molecule has 8 heteroatoms. The summed E-state index contributed by atoms with van der Waals surface area (Å²) in [6, 6.07) is 12.8. The summed E-state index contributed by atoms with van der Waals surface area (Å²) in [5.41, 5.74) is 6.93. The Balaban J connectivity index is 1.12. The zero-order chi connectivity index (χ0) is 29.5. The second-order valence-corrected chi connectivity index (χ2v) is 14.2. The molecule has 6 rings (SSSR count). The van der Waals surface area contributed by atoms with Crippen LogP contribution in [0.5, 0.6) is 5.75 Å². The topological polar surface area (TPSA) is 64.1 Å². The van der Waals surface area contributed by atoms with Crippen molar-refractivity contribution in [2.75, 3.05) is 46.0 Å². The molecule has 3 aliphatic heterocycles. The zero-order valence-electron chi connectivity index (χ0n) is 25.6. The van der Waals surface area contributed by atoms with Crippen LogP contribution in [0.15, 0.2) is 36.4 Å². The first kappa shape index (κ1) is 29.1. The lowest BCUT2D eigenvalue weighted by atomic mass is 9.79. The van der Waals surface area contributed by atoms with Crippen molar-refractivity contribution in [2.45, 2.75) is 66.0 Å². The van der Waals surface area contributed by atoms with Crippen LogP contribution in [0.25, 0.3) is 21.7 Å². The number of hydrogen-bond acceptors (Lipinski definition) is 7. The number of benzene rings is 2. The van der Waals surface area contributed by atoms with Gasteiger partial charge in [-0.25, -0.2) is 9.78 Å². The number of thiazole rings is 1. The summed E-state index contributed by atoms with van der Waals surface area (Å²) < 4.78 is 17.5. The number of aromatic nitrogens is 1. The molecule has 7 nitrogen and oxygen atoms in total. The molecule has 0 saturated carbocycles. The lowest BCUT2D eigenvalue weighted by Crippen LogP contribution is -2.56. The maximum absolute atomic E-state index is 12.7. The van der Waals surface area contributed by atoms with Gasteiger partial charge in [-0.1, -0.05) is 30.3 Å². The Kier molecular flexibility index (Phi) is 8.07. The first-order valence-corrected chi connectivity index (χ1v) is 16.0. The molecule has 2 aromatic carbocycles. The number of rotatable bonds is 7. The van der Waals surface area contributed by atoms with Gasteiger partial charge >= 0.3 is 6.09 Å². The summed E-state index contributed by atoms with van der Waals surface area (Å²) in [7, 11) is 0. The highest BCUT2D eigenvalue weighted by Gasteiger charge is 2.45. The Morgan fingerprint density at radius 3 is 2.55 bits per heavy atom. The van der Waals surface area contributed by atoms with Crippen LogP contribution in [0.1, 0.15) is 55.3 Å². The van der Waals surface area contributed by atoms with Crippen LogP contribution in [0.4, 0.5) is 4.79 Å². The molecule has 2 saturated heterocycles. The summed E-state index contributed by atoms with van der Waals surface area (Å²) in [5.74, 6) is 0.952. The van der Waals surface area contributed by atoms with Gasteiger partial charge in [0.05, 0.1) is 25.5 Å². The summed E-state index contributed by atoms with van der Waals surface area (Å²) in [4.78, 5) is 23.2. The number of amides is 1. The molecule has 1 aromatic heterocycles. The van der Waals surface area contributed by atoms with Crippen LogP contribution < -0.4 is 4.74 Å². The number of hydrogen-bond donors (Lipinski definition) is 0. The minimum atomic E-state index is -0.503. The highest BCUT2D eigenvalue weighted by atomic mass is 32.1. The van der Waals surface area contributed by atoms with E-state index in [4.69, 9.17) is 19.2 Å².